The Morgan fingerprint density at radius 3 is 2.64 bits per heavy atom. The molecular weight excluding hydrogens is 431 g/mol. The van der Waals surface area contributed by atoms with Crippen LogP contribution in [0, 0.1) is 0 Å². The fourth-order valence-electron chi connectivity index (χ4n) is 4.27. The Morgan fingerprint density at radius 1 is 1.15 bits per heavy atom. The van der Waals surface area contributed by atoms with E-state index in [4.69, 9.17) is 0 Å². The van der Waals surface area contributed by atoms with E-state index < -0.39 is 11.9 Å². The van der Waals surface area contributed by atoms with Crippen molar-refractivity contribution in [3.63, 3.8) is 0 Å². The summed E-state index contributed by atoms with van der Waals surface area (Å²) in [7, 11) is 1.81. The van der Waals surface area contributed by atoms with Gasteiger partial charge in [0.15, 0.2) is 5.69 Å². The number of hydrogen-bond donors (Lipinski definition) is 2. The minimum atomic E-state index is -4.48. The number of pyridine rings is 1. The summed E-state index contributed by atoms with van der Waals surface area (Å²) in [6, 6.07) is 12.6. The molecule has 1 aromatic carbocycles. The van der Waals surface area contributed by atoms with E-state index in [2.05, 4.69) is 20.7 Å². The molecule has 2 aromatic heterocycles. The monoisotopic (exact) mass is 457 g/mol. The number of benzene rings is 1. The number of hydrogen-bond acceptors (Lipinski definition) is 4. The summed E-state index contributed by atoms with van der Waals surface area (Å²) in [6.07, 6.45) is -0.487. The lowest BCUT2D eigenvalue weighted by molar-refractivity contribution is -0.142. The van der Waals surface area contributed by atoms with Crippen molar-refractivity contribution in [3.8, 4) is 0 Å². The zero-order chi connectivity index (χ0) is 23.4. The molecule has 1 amide bonds. The van der Waals surface area contributed by atoms with E-state index in [1.54, 1.807) is 12.1 Å². The molecule has 1 aliphatic rings. The van der Waals surface area contributed by atoms with Crippen molar-refractivity contribution < 1.29 is 18.0 Å². The van der Waals surface area contributed by atoms with Crippen LogP contribution in [0.2, 0.25) is 0 Å². The summed E-state index contributed by atoms with van der Waals surface area (Å²) in [5.41, 5.74) is 1.95. The van der Waals surface area contributed by atoms with Crippen molar-refractivity contribution in [2.75, 3.05) is 13.6 Å². The molecular formula is C24H26F3N5O. The van der Waals surface area contributed by atoms with Crippen LogP contribution in [-0.4, -0.2) is 34.3 Å². The summed E-state index contributed by atoms with van der Waals surface area (Å²) >= 11 is 0. The Balaban J connectivity index is 1.55. The van der Waals surface area contributed by atoms with E-state index in [-0.39, 0.29) is 18.5 Å². The lowest BCUT2D eigenvalue weighted by Crippen LogP contribution is -2.34. The van der Waals surface area contributed by atoms with Gasteiger partial charge < -0.3 is 10.6 Å². The smallest absolute Gasteiger partial charge is 0.344 e. The summed E-state index contributed by atoms with van der Waals surface area (Å²) < 4.78 is 41.8. The maximum Gasteiger partial charge on any atom is 0.435 e. The van der Waals surface area contributed by atoms with E-state index >= 15 is 0 Å². The van der Waals surface area contributed by atoms with Gasteiger partial charge >= 0.3 is 6.18 Å². The normalized spacial score (nSPS) is 14.5. The van der Waals surface area contributed by atoms with Crippen molar-refractivity contribution >= 4 is 5.91 Å². The van der Waals surface area contributed by atoms with Crippen molar-refractivity contribution in [1.82, 2.24) is 25.4 Å². The minimum Gasteiger partial charge on any atom is -0.344 e. The fourth-order valence-corrected chi connectivity index (χ4v) is 4.27. The third-order valence-electron chi connectivity index (χ3n) is 5.83. The standard InChI is InChI=1S/C24H26F3N5O/c1-28-14-20(16-7-3-2-4-8-16)30-23(33)17-11-12-29-18(13-17)15-32-21-10-6-5-9-19(21)22(31-32)24(25,26)27/h2-4,7-8,11-13,20,28H,5-6,9-10,14-15H2,1H3,(H,30,33). The van der Waals surface area contributed by atoms with Crippen LogP contribution in [0.1, 0.15) is 57.5 Å². The highest BCUT2D eigenvalue weighted by atomic mass is 19.4. The molecule has 0 bridgehead atoms. The predicted octanol–water partition coefficient (Wildman–Crippen LogP) is 3.91. The highest BCUT2D eigenvalue weighted by Crippen LogP contribution is 2.36. The number of nitrogens with zero attached hydrogens (tertiary/aromatic N) is 3. The van der Waals surface area contributed by atoms with Crippen LogP contribution in [0.4, 0.5) is 13.2 Å². The van der Waals surface area contributed by atoms with Gasteiger partial charge in [0.1, 0.15) is 0 Å². The molecule has 6 nitrogen and oxygen atoms in total. The molecule has 1 aliphatic carbocycles. The number of carbonyl (C=O) groups excluding carboxylic acids is 1. The van der Waals surface area contributed by atoms with Crippen LogP contribution in [0.25, 0.3) is 0 Å². The Morgan fingerprint density at radius 2 is 1.91 bits per heavy atom. The van der Waals surface area contributed by atoms with Gasteiger partial charge in [0, 0.05) is 29.6 Å². The number of likely N-dealkylation sites (N-methyl/N-ethyl adjacent to an activating group) is 1. The Bertz CT molecular complexity index is 1110. The molecule has 2 N–H and O–H groups in total. The van der Waals surface area contributed by atoms with Gasteiger partial charge in [-0.25, -0.2) is 0 Å². The maximum atomic E-state index is 13.5. The van der Waals surface area contributed by atoms with Gasteiger partial charge in [-0.15, -0.1) is 0 Å². The molecule has 1 atom stereocenters. The predicted molar refractivity (Wildman–Crippen MR) is 118 cm³/mol. The zero-order valence-corrected chi connectivity index (χ0v) is 18.3. The largest absolute Gasteiger partial charge is 0.435 e. The molecule has 0 aliphatic heterocycles. The number of nitrogens with one attached hydrogen (secondary N) is 2. The van der Waals surface area contributed by atoms with Gasteiger partial charge in [-0.3, -0.25) is 14.5 Å². The lowest BCUT2D eigenvalue weighted by Gasteiger charge is -2.19. The lowest BCUT2D eigenvalue weighted by atomic mass is 9.95. The summed E-state index contributed by atoms with van der Waals surface area (Å²) in [5, 5.41) is 9.98. The van der Waals surface area contributed by atoms with Crippen LogP contribution >= 0.6 is 0 Å². The second kappa shape index (κ2) is 9.74. The molecule has 4 rings (SSSR count). The van der Waals surface area contributed by atoms with Gasteiger partial charge in [0.25, 0.3) is 5.91 Å². The molecule has 0 saturated heterocycles. The second-order valence-corrected chi connectivity index (χ2v) is 8.17. The van der Waals surface area contributed by atoms with Gasteiger partial charge in [-0.2, -0.15) is 18.3 Å². The summed E-state index contributed by atoms with van der Waals surface area (Å²) in [4.78, 5) is 17.2. The number of halogens is 3. The van der Waals surface area contributed by atoms with E-state index in [1.165, 1.54) is 10.9 Å². The number of rotatable bonds is 7. The van der Waals surface area contributed by atoms with Crippen molar-refractivity contribution in [2.24, 2.45) is 0 Å². The molecule has 0 spiro atoms. The Labute approximate surface area is 190 Å². The van der Waals surface area contributed by atoms with Crippen LogP contribution in [0.3, 0.4) is 0 Å². The van der Waals surface area contributed by atoms with Crippen molar-refractivity contribution in [3.05, 3.63) is 82.4 Å². The first-order chi connectivity index (χ1) is 15.9. The minimum absolute atomic E-state index is 0.0815. The van der Waals surface area contributed by atoms with Crippen LogP contribution in [0.15, 0.2) is 48.7 Å². The van der Waals surface area contributed by atoms with Crippen molar-refractivity contribution in [2.45, 2.75) is 44.4 Å². The number of carbonyl (C=O) groups is 1. The maximum absolute atomic E-state index is 13.5. The van der Waals surface area contributed by atoms with E-state index in [0.29, 0.717) is 41.9 Å². The molecule has 2 heterocycles. The zero-order valence-electron chi connectivity index (χ0n) is 18.3. The van der Waals surface area contributed by atoms with Crippen LogP contribution in [-0.2, 0) is 25.6 Å². The molecule has 0 radical (unpaired) electrons. The average molecular weight is 458 g/mol. The molecule has 0 fully saturated rings. The van der Waals surface area contributed by atoms with Gasteiger partial charge in [0.2, 0.25) is 0 Å². The third-order valence-corrected chi connectivity index (χ3v) is 5.83. The third kappa shape index (κ3) is 5.24. The number of fused-ring (bicyclic) bond motifs is 1. The first kappa shape index (κ1) is 23.0. The Hall–Kier alpha value is -3.20. The first-order valence-electron chi connectivity index (χ1n) is 11.0. The van der Waals surface area contributed by atoms with Gasteiger partial charge in [-0.1, -0.05) is 30.3 Å². The van der Waals surface area contributed by atoms with Crippen molar-refractivity contribution in [1.29, 1.82) is 0 Å². The molecule has 0 saturated carbocycles. The fraction of sp³-hybridized carbons (Fsp3) is 0.375. The average Bonchev–Trinajstić information content (AvgIpc) is 3.18. The number of aromatic nitrogens is 3. The molecule has 33 heavy (non-hydrogen) atoms. The van der Waals surface area contributed by atoms with Gasteiger partial charge in [-0.05, 0) is 50.4 Å². The van der Waals surface area contributed by atoms with Crippen LogP contribution in [0.5, 0.6) is 0 Å². The van der Waals surface area contributed by atoms with E-state index in [9.17, 15) is 18.0 Å². The Kier molecular flexibility index (Phi) is 6.78. The highest BCUT2D eigenvalue weighted by Gasteiger charge is 2.39. The SMILES string of the molecule is CNCC(NC(=O)c1ccnc(Cn2nc(C(F)(F)F)c3c2CCCC3)c1)c1ccccc1. The van der Waals surface area contributed by atoms with E-state index in [1.807, 2.05) is 37.4 Å². The number of alkyl halides is 3. The molecule has 1 unspecified atom stereocenters. The second-order valence-electron chi connectivity index (χ2n) is 8.17. The summed E-state index contributed by atoms with van der Waals surface area (Å²) in [6.45, 7) is 0.630. The molecule has 174 valence electrons. The highest BCUT2D eigenvalue weighted by molar-refractivity contribution is 5.94. The quantitative estimate of drug-likeness (QED) is 0.564. The topological polar surface area (TPSA) is 71.8 Å². The molecule has 9 heteroatoms. The number of amides is 1. The van der Waals surface area contributed by atoms with Crippen LogP contribution < -0.4 is 10.6 Å². The summed E-state index contributed by atoms with van der Waals surface area (Å²) in [5.74, 6) is -0.277. The molecule has 3 aromatic rings. The van der Waals surface area contributed by atoms with Gasteiger partial charge in [0.05, 0.1) is 18.3 Å². The van der Waals surface area contributed by atoms with E-state index in [0.717, 1.165) is 18.4 Å². The first-order valence-corrected chi connectivity index (χ1v) is 11.0.